The van der Waals surface area contributed by atoms with E-state index in [1.807, 2.05) is 0 Å². The second-order valence-corrected chi connectivity index (χ2v) is 4.45. The Labute approximate surface area is 92.9 Å². The van der Waals surface area contributed by atoms with E-state index < -0.39 is 0 Å². The van der Waals surface area contributed by atoms with Crippen LogP contribution >= 0.6 is 0 Å². The minimum absolute atomic E-state index is 0.612. The lowest BCUT2D eigenvalue weighted by Crippen LogP contribution is -2.25. The molecule has 2 rings (SSSR count). The molecule has 1 aromatic rings. The number of rotatable bonds is 4. The van der Waals surface area contributed by atoms with Crippen molar-refractivity contribution in [2.75, 3.05) is 6.54 Å². The average molecular weight is 203 g/mol. The van der Waals surface area contributed by atoms with Crippen LogP contribution in [0.5, 0.6) is 0 Å². The van der Waals surface area contributed by atoms with Crippen molar-refractivity contribution < 1.29 is 0 Å². The maximum atomic E-state index is 3.68. The highest BCUT2D eigenvalue weighted by atomic mass is 14.9. The van der Waals surface area contributed by atoms with Crippen LogP contribution in [0, 0.1) is 0 Å². The number of fused-ring (bicyclic) bond motifs is 1. The van der Waals surface area contributed by atoms with Gasteiger partial charge < -0.3 is 5.32 Å². The summed E-state index contributed by atoms with van der Waals surface area (Å²) in [6, 6.07) is 9.51. The van der Waals surface area contributed by atoms with Crippen LogP contribution in [0.4, 0.5) is 0 Å². The fraction of sp³-hybridized carbons (Fsp3) is 0.571. The predicted octanol–water partition coefficient (Wildman–Crippen LogP) is 3.45. The summed E-state index contributed by atoms with van der Waals surface area (Å²) < 4.78 is 0. The topological polar surface area (TPSA) is 12.0 Å². The number of hydrogen-bond acceptors (Lipinski definition) is 1. The van der Waals surface area contributed by atoms with Gasteiger partial charge in [0.1, 0.15) is 0 Å². The molecule has 0 fully saturated rings. The fourth-order valence-corrected chi connectivity index (χ4v) is 2.42. The van der Waals surface area contributed by atoms with Gasteiger partial charge in [-0.1, -0.05) is 37.6 Å². The van der Waals surface area contributed by atoms with E-state index >= 15 is 0 Å². The molecule has 15 heavy (non-hydrogen) atoms. The zero-order chi connectivity index (χ0) is 10.5. The Morgan fingerprint density at radius 2 is 2.20 bits per heavy atom. The number of hydrogen-bond donors (Lipinski definition) is 1. The first-order valence-corrected chi connectivity index (χ1v) is 6.23. The van der Waals surface area contributed by atoms with E-state index in [0.717, 1.165) is 6.54 Å². The van der Waals surface area contributed by atoms with Crippen molar-refractivity contribution in [1.29, 1.82) is 0 Å². The molecule has 1 N–H and O–H groups in total. The number of aryl methyl sites for hydroxylation is 1. The van der Waals surface area contributed by atoms with E-state index in [1.54, 1.807) is 11.1 Å². The van der Waals surface area contributed by atoms with Gasteiger partial charge >= 0.3 is 0 Å². The third-order valence-corrected chi connectivity index (χ3v) is 3.29. The van der Waals surface area contributed by atoms with Crippen molar-refractivity contribution in [3.63, 3.8) is 0 Å². The molecule has 82 valence electrons. The van der Waals surface area contributed by atoms with Crippen molar-refractivity contribution in [3.8, 4) is 0 Å². The van der Waals surface area contributed by atoms with Crippen molar-refractivity contribution in [3.05, 3.63) is 35.4 Å². The van der Waals surface area contributed by atoms with Gasteiger partial charge in [0.25, 0.3) is 0 Å². The summed E-state index contributed by atoms with van der Waals surface area (Å²) in [6.45, 7) is 3.41. The quantitative estimate of drug-likeness (QED) is 0.739. The van der Waals surface area contributed by atoms with Gasteiger partial charge in [0.2, 0.25) is 0 Å². The average Bonchev–Trinajstić information content (AvgIpc) is 2.30. The van der Waals surface area contributed by atoms with Crippen molar-refractivity contribution in [1.82, 2.24) is 5.32 Å². The van der Waals surface area contributed by atoms with Crippen LogP contribution in [0.1, 0.15) is 49.8 Å². The highest BCUT2D eigenvalue weighted by Crippen LogP contribution is 2.29. The maximum Gasteiger partial charge on any atom is 0.0323 e. The van der Waals surface area contributed by atoms with Crippen molar-refractivity contribution in [2.45, 2.75) is 45.1 Å². The molecule has 1 aromatic carbocycles. The Morgan fingerprint density at radius 1 is 1.33 bits per heavy atom. The molecule has 0 radical (unpaired) electrons. The van der Waals surface area contributed by atoms with E-state index in [-0.39, 0.29) is 0 Å². The van der Waals surface area contributed by atoms with Crippen LogP contribution in [0.3, 0.4) is 0 Å². The molecule has 1 heteroatoms. The Hall–Kier alpha value is -0.820. The molecule has 0 aromatic heterocycles. The van der Waals surface area contributed by atoms with Gasteiger partial charge in [-0.3, -0.25) is 0 Å². The molecule has 0 saturated heterocycles. The number of benzene rings is 1. The maximum absolute atomic E-state index is 3.68. The van der Waals surface area contributed by atoms with Gasteiger partial charge in [-0.2, -0.15) is 0 Å². The summed E-state index contributed by atoms with van der Waals surface area (Å²) in [5, 5.41) is 3.68. The van der Waals surface area contributed by atoms with Crippen LogP contribution in [0.25, 0.3) is 0 Å². The standard InChI is InChI=1S/C14H21N/c1-2-3-11-15-14-10-6-8-12-7-4-5-9-13(12)14/h4-5,7,9,14-15H,2-3,6,8,10-11H2,1H3. The van der Waals surface area contributed by atoms with Gasteiger partial charge in [0, 0.05) is 6.04 Å². The third kappa shape index (κ3) is 2.60. The number of unbranched alkanes of at least 4 members (excludes halogenated alkanes) is 1. The first-order chi connectivity index (χ1) is 7.42. The second kappa shape index (κ2) is 5.32. The monoisotopic (exact) mass is 203 g/mol. The van der Waals surface area contributed by atoms with Gasteiger partial charge in [-0.15, -0.1) is 0 Å². The Bertz CT molecular complexity index is 306. The molecule has 1 nitrogen and oxygen atoms in total. The van der Waals surface area contributed by atoms with Gasteiger partial charge in [-0.05, 0) is 43.4 Å². The fourth-order valence-electron chi connectivity index (χ4n) is 2.42. The Balaban J connectivity index is 2.02. The molecule has 1 aliphatic rings. The first kappa shape index (κ1) is 10.7. The van der Waals surface area contributed by atoms with E-state index in [4.69, 9.17) is 0 Å². The summed E-state index contributed by atoms with van der Waals surface area (Å²) in [4.78, 5) is 0. The zero-order valence-corrected chi connectivity index (χ0v) is 9.63. The molecule has 0 spiro atoms. The van der Waals surface area contributed by atoms with Crippen molar-refractivity contribution in [2.24, 2.45) is 0 Å². The molecule has 1 atom stereocenters. The van der Waals surface area contributed by atoms with Crippen LogP contribution < -0.4 is 5.32 Å². The molecule has 0 aliphatic heterocycles. The minimum atomic E-state index is 0.612. The van der Waals surface area contributed by atoms with Gasteiger partial charge in [0.05, 0.1) is 0 Å². The SMILES string of the molecule is CCCCNC1CCCc2ccccc21. The molecule has 0 amide bonds. The van der Waals surface area contributed by atoms with Crippen molar-refractivity contribution >= 4 is 0 Å². The minimum Gasteiger partial charge on any atom is -0.310 e. The lowest BCUT2D eigenvalue weighted by molar-refractivity contribution is 0.454. The Kier molecular flexibility index (Phi) is 3.79. The summed E-state index contributed by atoms with van der Waals surface area (Å²) in [5.74, 6) is 0. The molecule has 0 bridgehead atoms. The highest BCUT2D eigenvalue weighted by molar-refractivity contribution is 5.32. The van der Waals surface area contributed by atoms with Gasteiger partial charge in [0.15, 0.2) is 0 Å². The van der Waals surface area contributed by atoms with E-state index in [1.165, 1.54) is 32.1 Å². The molecular weight excluding hydrogens is 182 g/mol. The molecule has 1 aliphatic carbocycles. The van der Waals surface area contributed by atoms with Crippen LogP contribution in [0.15, 0.2) is 24.3 Å². The predicted molar refractivity (Wildman–Crippen MR) is 65.0 cm³/mol. The number of nitrogens with one attached hydrogen (secondary N) is 1. The summed E-state index contributed by atoms with van der Waals surface area (Å²) in [7, 11) is 0. The molecule has 0 saturated carbocycles. The van der Waals surface area contributed by atoms with Gasteiger partial charge in [-0.25, -0.2) is 0 Å². The van der Waals surface area contributed by atoms with E-state index in [9.17, 15) is 0 Å². The van der Waals surface area contributed by atoms with Crippen LogP contribution in [-0.4, -0.2) is 6.54 Å². The van der Waals surface area contributed by atoms with Crippen LogP contribution in [-0.2, 0) is 6.42 Å². The molecule has 0 heterocycles. The normalized spacial score (nSPS) is 19.9. The van der Waals surface area contributed by atoms with E-state index in [0.29, 0.717) is 6.04 Å². The van der Waals surface area contributed by atoms with Crippen LogP contribution in [0.2, 0.25) is 0 Å². The molecular formula is C14H21N. The summed E-state index contributed by atoms with van der Waals surface area (Å²) >= 11 is 0. The summed E-state index contributed by atoms with van der Waals surface area (Å²) in [6.07, 6.45) is 6.48. The Morgan fingerprint density at radius 3 is 3.07 bits per heavy atom. The van der Waals surface area contributed by atoms with E-state index in [2.05, 4.69) is 36.5 Å². The smallest absolute Gasteiger partial charge is 0.0323 e. The summed E-state index contributed by atoms with van der Waals surface area (Å²) in [5.41, 5.74) is 3.10. The lowest BCUT2D eigenvalue weighted by atomic mass is 9.88. The third-order valence-electron chi connectivity index (χ3n) is 3.29. The molecule has 1 unspecified atom stereocenters. The second-order valence-electron chi connectivity index (χ2n) is 4.45. The largest absolute Gasteiger partial charge is 0.310 e. The highest BCUT2D eigenvalue weighted by Gasteiger charge is 2.18. The lowest BCUT2D eigenvalue weighted by Gasteiger charge is -2.26. The first-order valence-electron chi connectivity index (χ1n) is 6.23. The zero-order valence-electron chi connectivity index (χ0n) is 9.63.